The largest absolute Gasteiger partial charge is 0.388 e. The van der Waals surface area contributed by atoms with E-state index in [1.165, 1.54) is 0 Å². The van der Waals surface area contributed by atoms with E-state index in [1.807, 2.05) is 13.8 Å². The summed E-state index contributed by atoms with van der Waals surface area (Å²) in [7, 11) is 0. The second kappa shape index (κ2) is 4.43. The zero-order valence-electron chi connectivity index (χ0n) is 12.4. The lowest BCUT2D eigenvalue weighted by Gasteiger charge is -2.43. The number of aliphatic hydroxyl groups is 2. The molecule has 2 aliphatic rings. The molecule has 0 spiro atoms. The second-order valence-corrected chi connectivity index (χ2v) is 6.60. The Labute approximate surface area is 125 Å². The Morgan fingerprint density at radius 1 is 0.714 bits per heavy atom. The number of hydrogen-bond donors (Lipinski definition) is 2. The van der Waals surface area contributed by atoms with Crippen LogP contribution in [0.2, 0.25) is 0 Å². The van der Waals surface area contributed by atoms with Crippen molar-refractivity contribution in [2.75, 3.05) is 0 Å². The summed E-state index contributed by atoms with van der Waals surface area (Å²) in [6.07, 6.45) is -0.107. The molecule has 2 bridgehead atoms. The molecule has 2 nitrogen and oxygen atoms in total. The lowest BCUT2D eigenvalue weighted by molar-refractivity contribution is 0.0678. The predicted octanol–water partition coefficient (Wildman–Crippen LogP) is 3.65. The third kappa shape index (κ3) is 1.79. The highest BCUT2D eigenvalue weighted by Gasteiger charge is 2.43. The molecule has 4 unspecified atom stereocenters. The molecule has 2 heteroatoms. The van der Waals surface area contributed by atoms with Crippen molar-refractivity contribution in [2.24, 2.45) is 0 Å². The lowest BCUT2D eigenvalue weighted by Crippen LogP contribution is -2.31. The van der Waals surface area contributed by atoms with E-state index in [2.05, 4.69) is 36.4 Å². The molecule has 21 heavy (non-hydrogen) atoms. The van der Waals surface area contributed by atoms with Crippen molar-refractivity contribution >= 4 is 0 Å². The Morgan fingerprint density at radius 3 is 1.57 bits per heavy atom. The molecule has 2 aromatic carbocycles. The molecule has 0 saturated heterocycles. The van der Waals surface area contributed by atoms with Crippen LogP contribution in [-0.2, 0) is 0 Å². The van der Waals surface area contributed by atoms with E-state index in [0.717, 1.165) is 39.8 Å². The maximum Gasteiger partial charge on any atom is 0.0861 e. The van der Waals surface area contributed by atoms with Crippen LogP contribution in [0.4, 0.5) is 0 Å². The van der Waals surface area contributed by atoms with E-state index in [4.69, 9.17) is 0 Å². The Bertz CT molecular complexity index is 658. The molecule has 0 heterocycles. The fraction of sp³-hybridized carbons (Fsp3) is 0.368. The molecule has 2 aliphatic carbocycles. The van der Waals surface area contributed by atoms with Crippen LogP contribution in [-0.4, -0.2) is 10.2 Å². The molecule has 0 aromatic heterocycles. The van der Waals surface area contributed by atoms with Crippen molar-refractivity contribution in [3.63, 3.8) is 0 Å². The number of aryl methyl sites for hydroxylation is 2. The van der Waals surface area contributed by atoms with Gasteiger partial charge in [-0.15, -0.1) is 0 Å². The van der Waals surface area contributed by atoms with Gasteiger partial charge in [0, 0.05) is 11.8 Å². The van der Waals surface area contributed by atoms with Gasteiger partial charge < -0.3 is 10.2 Å². The Balaban J connectivity index is 1.93. The molecule has 4 atom stereocenters. The third-order valence-electron chi connectivity index (χ3n) is 5.19. The van der Waals surface area contributed by atoms with E-state index in [0.29, 0.717) is 0 Å². The van der Waals surface area contributed by atoms with Gasteiger partial charge in [-0.3, -0.25) is 0 Å². The Hall–Kier alpha value is -1.64. The highest BCUT2D eigenvalue weighted by molar-refractivity contribution is 5.49. The maximum atomic E-state index is 10.8. The molecule has 2 N–H and O–H groups in total. The molecular weight excluding hydrogens is 260 g/mol. The first-order chi connectivity index (χ1) is 10.1. The van der Waals surface area contributed by atoms with Gasteiger partial charge in [0.25, 0.3) is 0 Å². The monoisotopic (exact) mass is 280 g/mol. The zero-order chi connectivity index (χ0) is 14.7. The standard InChI is InChI=1S/C19H20O2/c1-10-3-5-12-14(7-10)18(20)17-9-16(12)19(21)15-8-11(2)4-6-13(15)17/h3-8,16-21H,9H2,1-2H3. The number of benzene rings is 2. The van der Waals surface area contributed by atoms with Gasteiger partial charge >= 0.3 is 0 Å². The molecular formula is C19H20O2. The first-order valence-electron chi connectivity index (χ1n) is 7.63. The van der Waals surface area contributed by atoms with E-state index >= 15 is 0 Å². The maximum absolute atomic E-state index is 10.8. The van der Waals surface area contributed by atoms with Crippen LogP contribution in [0.5, 0.6) is 0 Å². The number of rotatable bonds is 0. The summed E-state index contributed by atoms with van der Waals surface area (Å²) < 4.78 is 0. The summed E-state index contributed by atoms with van der Waals surface area (Å²) in [5, 5.41) is 21.6. The van der Waals surface area contributed by atoms with Gasteiger partial charge in [-0.05, 0) is 42.5 Å². The van der Waals surface area contributed by atoms with Gasteiger partial charge in [-0.1, -0.05) is 47.5 Å². The quantitative estimate of drug-likeness (QED) is 0.773. The summed E-state index contributed by atoms with van der Waals surface area (Å²) in [5.41, 5.74) is 6.55. The minimum atomic E-state index is -0.467. The summed E-state index contributed by atoms with van der Waals surface area (Å²) >= 11 is 0. The van der Waals surface area contributed by atoms with E-state index in [-0.39, 0.29) is 11.8 Å². The smallest absolute Gasteiger partial charge is 0.0861 e. The van der Waals surface area contributed by atoms with Crippen molar-refractivity contribution in [3.05, 3.63) is 69.8 Å². The van der Waals surface area contributed by atoms with Crippen molar-refractivity contribution in [2.45, 2.75) is 44.3 Å². The van der Waals surface area contributed by atoms with Gasteiger partial charge in [0.05, 0.1) is 12.2 Å². The molecule has 0 amide bonds. The minimum Gasteiger partial charge on any atom is -0.388 e. The highest BCUT2D eigenvalue weighted by Crippen LogP contribution is 2.55. The number of fused-ring (bicyclic) bond motifs is 6. The fourth-order valence-electron chi connectivity index (χ4n) is 4.13. The predicted molar refractivity (Wildman–Crippen MR) is 82.4 cm³/mol. The molecule has 0 fully saturated rings. The number of hydrogen-bond acceptors (Lipinski definition) is 2. The molecule has 0 aliphatic heterocycles. The average molecular weight is 280 g/mol. The Morgan fingerprint density at radius 2 is 1.14 bits per heavy atom. The Kier molecular flexibility index (Phi) is 2.75. The first-order valence-corrected chi connectivity index (χ1v) is 7.63. The van der Waals surface area contributed by atoms with Crippen molar-refractivity contribution < 1.29 is 10.2 Å². The van der Waals surface area contributed by atoms with E-state index in [9.17, 15) is 10.2 Å². The summed E-state index contributed by atoms with van der Waals surface area (Å²) in [4.78, 5) is 0. The van der Waals surface area contributed by atoms with E-state index in [1.54, 1.807) is 0 Å². The van der Waals surface area contributed by atoms with Crippen molar-refractivity contribution in [3.8, 4) is 0 Å². The first kappa shape index (κ1) is 13.1. The van der Waals surface area contributed by atoms with E-state index < -0.39 is 12.2 Å². The summed E-state index contributed by atoms with van der Waals surface area (Å²) in [6.45, 7) is 4.09. The third-order valence-corrected chi connectivity index (χ3v) is 5.19. The number of aliphatic hydroxyl groups excluding tert-OH is 2. The minimum absolute atomic E-state index is 0.100. The topological polar surface area (TPSA) is 40.5 Å². The summed E-state index contributed by atoms with van der Waals surface area (Å²) in [5.74, 6) is 0.201. The fourth-order valence-corrected chi connectivity index (χ4v) is 4.13. The van der Waals surface area contributed by atoms with Crippen LogP contribution >= 0.6 is 0 Å². The van der Waals surface area contributed by atoms with Crippen molar-refractivity contribution in [1.29, 1.82) is 0 Å². The molecule has 4 rings (SSSR count). The van der Waals surface area contributed by atoms with Crippen LogP contribution < -0.4 is 0 Å². The second-order valence-electron chi connectivity index (χ2n) is 6.60. The van der Waals surface area contributed by atoms with Crippen LogP contribution in [0.3, 0.4) is 0 Å². The molecule has 2 aromatic rings. The van der Waals surface area contributed by atoms with Gasteiger partial charge in [-0.2, -0.15) is 0 Å². The van der Waals surface area contributed by atoms with Crippen LogP contribution in [0.15, 0.2) is 36.4 Å². The zero-order valence-corrected chi connectivity index (χ0v) is 12.4. The highest BCUT2D eigenvalue weighted by atomic mass is 16.3. The SMILES string of the molecule is Cc1ccc2c(c1)C(O)C1CC2C(O)c2cc(C)ccc21. The van der Waals surface area contributed by atoms with Crippen molar-refractivity contribution in [1.82, 2.24) is 0 Å². The van der Waals surface area contributed by atoms with Crippen LogP contribution in [0, 0.1) is 13.8 Å². The van der Waals surface area contributed by atoms with Gasteiger partial charge in [0.2, 0.25) is 0 Å². The molecule has 108 valence electrons. The molecule has 0 saturated carbocycles. The van der Waals surface area contributed by atoms with Crippen LogP contribution in [0.1, 0.15) is 63.8 Å². The summed E-state index contributed by atoms with van der Waals surface area (Å²) in [6, 6.07) is 12.5. The van der Waals surface area contributed by atoms with Crippen LogP contribution in [0.25, 0.3) is 0 Å². The lowest BCUT2D eigenvalue weighted by atomic mass is 9.64. The molecule has 0 radical (unpaired) electrons. The van der Waals surface area contributed by atoms with Gasteiger partial charge in [-0.25, -0.2) is 0 Å². The van der Waals surface area contributed by atoms with Gasteiger partial charge in [0.15, 0.2) is 0 Å². The van der Waals surface area contributed by atoms with Gasteiger partial charge in [0.1, 0.15) is 0 Å². The normalized spacial score (nSPS) is 29.7. The average Bonchev–Trinajstić information content (AvgIpc) is 2.47.